The molecule has 0 aliphatic carbocycles. The summed E-state index contributed by atoms with van der Waals surface area (Å²) in [6.45, 7) is 0.373. The Bertz CT molecular complexity index is 580. The molecule has 19 heavy (non-hydrogen) atoms. The lowest BCUT2D eigenvalue weighted by molar-refractivity contribution is -0.0220. The van der Waals surface area contributed by atoms with Crippen molar-refractivity contribution in [3.63, 3.8) is 0 Å². The fourth-order valence-electron chi connectivity index (χ4n) is 2.07. The minimum atomic E-state index is -3.81. The number of nitrogens with two attached hydrogens (primary N) is 2. The standard InChI is InChI=1S/C11H15F2N3O2S/c12-11(13)3-5-16(6-4-11)10-2-1-8(7-9(10)14)19(15,17)18/h1-2,7H,3-6,14H2,(H2,15,17,18). The van der Waals surface area contributed by atoms with Crippen LogP contribution in [0, 0.1) is 0 Å². The van der Waals surface area contributed by atoms with Crippen LogP contribution >= 0.6 is 0 Å². The highest BCUT2D eigenvalue weighted by molar-refractivity contribution is 7.89. The third-order valence-electron chi connectivity index (χ3n) is 3.16. The smallest absolute Gasteiger partial charge is 0.251 e. The van der Waals surface area contributed by atoms with Crippen LogP contribution in [-0.4, -0.2) is 27.4 Å². The van der Waals surface area contributed by atoms with Crippen molar-refractivity contribution in [3.05, 3.63) is 18.2 Å². The Kier molecular flexibility index (Phi) is 3.40. The molecule has 0 unspecified atom stereocenters. The highest BCUT2D eigenvalue weighted by atomic mass is 32.2. The summed E-state index contributed by atoms with van der Waals surface area (Å²) in [6, 6.07) is 4.07. The number of piperidine rings is 1. The van der Waals surface area contributed by atoms with Gasteiger partial charge in [0.2, 0.25) is 10.0 Å². The molecule has 1 aromatic rings. The summed E-state index contributed by atoms with van der Waals surface area (Å²) < 4.78 is 48.5. The molecule has 8 heteroatoms. The lowest BCUT2D eigenvalue weighted by Gasteiger charge is -2.34. The molecule has 2 rings (SSSR count). The molecule has 0 bridgehead atoms. The van der Waals surface area contributed by atoms with Crippen LogP contribution < -0.4 is 15.8 Å². The molecule has 0 amide bonds. The normalized spacial score (nSPS) is 19.4. The van der Waals surface area contributed by atoms with E-state index in [1.165, 1.54) is 18.2 Å². The zero-order valence-corrected chi connectivity index (χ0v) is 11.0. The number of nitrogen functional groups attached to an aromatic ring is 1. The van der Waals surface area contributed by atoms with Gasteiger partial charge in [0.1, 0.15) is 0 Å². The highest BCUT2D eigenvalue weighted by Gasteiger charge is 2.34. The van der Waals surface area contributed by atoms with Crippen LogP contribution in [0.25, 0.3) is 0 Å². The van der Waals surface area contributed by atoms with Gasteiger partial charge in [0.15, 0.2) is 0 Å². The fraction of sp³-hybridized carbons (Fsp3) is 0.455. The monoisotopic (exact) mass is 291 g/mol. The first-order valence-corrected chi connectivity index (χ1v) is 7.29. The molecule has 0 radical (unpaired) electrons. The maximum absolute atomic E-state index is 13.1. The molecule has 1 fully saturated rings. The van der Waals surface area contributed by atoms with Crippen molar-refractivity contribution in [2.75, 3.05) is 23.7 Å². The van der Waals surface area contributed by atoms with Gasteiger partial charge in [-0.1, -0.05) is 0 Å². The number of halogens is 2. The fourth-order valence-corrected chi connectivity index (χ4v) is 2.62. The largest absolute Gasteiger partial charge is 0.397 e. The number of anilines is 2. The summed E-state index contributed by atoms with van der Waals surface area (Å²) >= 11 is 0. The number of hydrogen-bond acceptors (Lipinski definition) is 4. The molecule has 1 heterocycles. The van der Waals surface area contributed by atoms with E-state index < -0.39 is 15.9 Å². The van der Waals surface area contributed by atoms with Gasteiger partial charge < -0.3 is 10.6 Å². The SMILES string of the molecule is Nc1cc(S(N)(=O)=O)ccc1N1CCC(F)(F)CC1. The quantitative estimate of drug-likeness (QED) is 0.800. The topological polar surface area (TPSA) is 89.4 Å². The Morgan fingerprint density at radius 3 is 2.26 bits per heavy atom. The zero-order chi connectivity index (χ0) is 14.3. The van der Waals surface area contributed by atoms with Crippen molar-refractivity contribution in [1.82, 2.24) is 0 Å². The van der Waals surface area contributed by atoms with Gasteiger partial charge in [-0.25, -0.2) is 22.3 Å². The van der Waals surface area contributed by atoms with E-state index >= 15 is 0 Å². The maximum Gasteiger partial charge on any atom is 0.251 e. The lowest BCUT2D eigenvalue weighted by atomic mass is 10.1. The minimum Gasteiger partial charge on any atom is -0.397 e. The molecule has 0 aromatic heterocycles. The predicted molar refractivity (Wildman–Crippen MR) is 68.6 cm³/mol. The van der Waals surface area contributed by atoms with Crippen LogP contribution in [0.2, 0.25) is 0 Å². The Balaban J connectivity index is 2.23. The number of hydrogen-bond donors (Lipinski definition) is 2. The molecule has 1 saturated heterocycles. The van der Waals surface area contributed by atoms with Crippen molar-refractivity contribution < 1.29 is 17.2 Å². The van der Waals surface area contributed by atoms with E-state index in [4.69, 9.17) is 10.9 Å². The van der Waals surface area contributed by atoms with Crippen molar-refractivity contribution >= 4 is 21.4 Å². The number of benzene rings is 1. The van der Waals surface area contributed by atoms with E-state index in [9.17, 15) is 17.2 Å². The van der Waals surface area contributed by atoms with E-state index in [1.807, 2.05) is 0 Å². The van der Waals surface area contributed by atoms with Crippen LogP contribution in [-0.2, 0) is 10.0 Å². The second kappa shape index (κ2) is 4.61. The summed E-state index contributed by atoms with van der Waals surface area (Å²) in [4.78, 5) is 1.63. The Morgan fingerprint density at radius 2 is 1.79 bits per heavy atom. The van der Waals surface area contributed by atoms with Gasteiger partial charge in [-0.3, -0.25) is 0 Å². The van der Waals surface area contributed by atoms with Crippen LogP contribution in [0.3, 0.4) is 0 Å². The maximum atomic E-state index is 13.1. The summed E-state index contributed by atoms with van der Waals surface area (Å²) in [7, 11) is -3.81. The van der Waals surface area contributed by atoms with E-state index in [0.29, 0.717) is 5.69 Å². The van der Waals surface area contributed by atoms with E-state index in [-0.39, 0.29) is 36.5 Å². The molecular weight excluding hydrogens is 276 g/mol. The molecule has 5 nitrogen and oxygen atoms in total. The molecule has 0 saturated carbocycles. The molecular formula is C11H15F2N3O2S. The van der Waals surface area contributed by atoms with Crippen LogP contribution in [0.4, 0.5) is 20.2 Å². The number of rotatable bonds is 2. The molecule has 0 spiro atoms. The summed E-state index contributed by atoms with van der Waals surface area (Å²) in [5, 5.41) is 4.99. The first-order chi connectivity index (χ1) is 8.69. The van der Waals surface area contributed by atoms with Crippen molar-refractivity contribution in [3.8, 4) is 0 Å². The second-order valence-corrected chi connectivity index (χ2v) is 6.17. The van der Waals surface area contributed by atoms with Gasteiger partial charge in [-0.15, -0.1) is 0 Å². The first kappa shape index (κ1) is 14.0. The van der Waals surface area contributed by atoms with Gasteiger partial charge in [-0.2, -0.15) is 0 Å². The summed E-state index contributed by atoms with van der Waals surface area (Å²) in [6.07, 6.45) is -0.466. The first-order valence-electron chi connectivity index (χ1n) is 5.74. The van der Waals surface area contributed by atoms with E-state index in [0.717, 1.165) is 0 Å². The van der Waals surface area contributed by atoms with Crippen LogP contribution in [0.5, 0.6) is 0 Å². The third-order valence-corrected chi connectivity index (χ3v) is 4.07. The van der Waals surface area contributed by atoms with Crippen molar-refractivity contribution in [1.29, 1.82) is 0 Å². The average Bonchev–Trinajstić information content (AvgIpc) is 2.28. The minimum absolute atomic E-state index is 0.0870. The molecule has 106 valence electrons. The Labute approximate surface area is 110 Å². The molecule has 1 aliphatic rings. The van der Waals surface area contributed by atoms with Crippen LogP contribution in [0.15, 0.2) is 23.1 Å². The number of alkyl halides is 2. The summed E-state index contributed by atoms with van der Waals surface area (Å²) in [5.41, 5.74) is 6.54. The van der Waals surface area contributed by atoms with Gasteiger partial charge in [0, 0.05) is 25.9 Å². The number of sulfonamides is 1. The van der Waals surface area contributed by atoms with Gasteiger partial charge in [-0.05, 0) is 18.2 Å². The van der Waals surface area contributed by atoms with Crippen molar-refractivity contribution in [2.24, 2.45) is 5.14 Å². The molecule has 0 atom stereocenters. The Hall–Kier alpha value is -1.41. The molecule has 1 aliphatic heterocycles. The second-order valence-electron chi connectivity index (χ2n) is 4.61. The van der Waals surface area contributed by atoms with E-state index in [1.54, 1.807) is 4.90 Å². The number of primary sulfonamides is 1. The third kappa shape index (κ3) is 3.13. The molecule has 4 N–H and O–H groups in total. The average molecular weight is 291 g/mol. The van der Waals surface area contributed by atoms with Crippen molar-refractivity contribution in [2.45, 2.75) is 23.7 Å². The summed E-state index contributed by atoms with van der Waals surface area (Å²) in [5.74, 6) is -2.63. The zero-order valence-electron chi connectivity index (χ0n) is 10.1. The number of nitrogens with zero attached hydrogens (tertiary/aromatic N) is 1. The van der Waals surface area contributed by atoms with E-state index in [2.05, 4.69) is 0 Å². The lowest BCUT2D eigenvalue weighted by Crippen LogP contribution is -2.39. The predicted octanol–water partition coefficient (Wildman–Crippen LogP) is 1.15. The highest BCUT2D eigenvalue weighted by Crippen LogP contribution is 2.33. The van der Waals surface area contributed by atoms with Gasteiger partial charge in [0.25, 0.3) is 5.92 Å². The van der Waals surface area contributed by atoms with Gasteiger partial charge in [0.05, 0.1) is 16.3 Å². The van der Waals surface area contributed by atoms with Crippen LogP contribution in [0.1, 0.15) is 12.8 Å². The van der Waals surface area contributed by atoms with Gasteiger partial charge >= 0.3 is 0 Å². The Morgan fingerprint density at radius 1 is 1.21 bits per heavy atom. The molecule has 1 aromatic carbocycles.